The summed E-state index contributed by atoms with van der Waals surface area (Å²) in [5, 5.41) is 32.7. The second-order valence-electron chi connectivity index (χ2n) is 38.6. The third-order valence-electron chi connectivity index (χ3n) is 29.2. The van der Waals surface area contributed by atoms with Crippen LogP contribution < -0.4 is 47.4 Å². The summed E-state index contributed by atoms with van der Waals surface area (Å²) in [5.41, 5.74) is 9.85. The van der Waals surface area contributed by atoms with Gasteiger partial charge in [-0.15, -0.1) is 0 Å². The Balaban J connectivity index is 0.000000175. The molecule has 0 aliphatic carbocycles. The summed E-state index contributed by atoms with van der Waals surface area (Å²) < 4.78 is 132. The summed E-state index contributed by atoms with van der Waals surface area (Å²) in [7, 11) is 16.1. The molecule has 27 heteroatoms. The van der Waals surface area contributed by atoms with Gasteiger partial charge in [-0.3, -0.25) is 9.59 Å². The fraction of sp³-hybridized carbons (Fsp3) is 0.483. The first-order valence-electron chi connectivity index (χ1n) is 52.3. The molecule has 0 spiro atoms. The second-order valence-corrected chi connectivity index (χ2v) is 38.6. The number of carbonyl (C=O) groups is 2. The number of rotatable bonds is 43. The first-order valence-corrected chi connectivity index (χ1v) is 52.3. The molecule has 798 valence electrons. The van der Waals surface area contributed by atoms with Gasteiger partial charge in [-0.2, -0.15) is 0 Å². The number of unbranched alkanes of at least 4 members (excludes halogenated alkanes) is 2. The molecule has 5 heterocycles. The molecule has 147 heavy (non-hydrogen) atoms. The van der Waals surface area contributed by atoms with Crippen molar-refractivity contribution in [2.24, 2.45) is 29.6 Å². The Bertz CT molecular complexity index is 5050. The van der Waals surface area contributed by atoms with E-state index in [-0.39, 0.29) is 82.8 Å². The molecule has 5 fully saturated rings. The number of piperidine rings is 5. The van der Waals surface area contributed by atoms with Crippen LogP contribution in [0.3, 0.4) is 0 Å². The van der Waals surface area contributed by atoms with E-state index in [4.69, 9.17) is 56.8 Å². The van der Waals surface area contributed by atoms with Crippen LogP contribution in [0.2, 0.25) is 0 Å². The monoisotopic (exact) mass is 2030 g/mol. The van der Waals surface area contributed by atoms with Crippen molar-refractivity contribution < 1.29 is 104 Å². The van der Waals surface area contributed by atoms with Crippen LogP contribution in [0.15, 0.2) is 212 Å². The normalized spacial score (nSPS) is 16.4. The smallest absolute Gasteiger partial charge is 0.306 e. The van der Waals surface area contributed by atoms with Crippen LogP contribution in [-0.4, -0.2) is 221 Å². The number of aliphatic hydroxyl groups is 3. The summed E-state index contributed by atoms with van der Waals surface area (Å²) in [6.45, 7) is 18.3. The Hall–Kier alpha value is -11.5. The van der Waals surface area contributed by atoms with E-state index in [2.05, 4.69) is 38.3 Å². The van der Waals surface area contributed by atoms with Crippen LogP contribution in [0, 0.1) is 58.7 Å². The van der Waals surface area contributed by atoms with E-state index < -0.39 is 18.3 Å². The van der Waals surface area contributed by atoms with Crippen molar-refractivity contribution in [2.45, 2.75) is 179 Å². The lowest BCUT2D eigenvalue weighted by Crippen LogP contribution is -2.37. The second kappa shape index (κ2) is 61.4. The third kappa shape index (κ3) is 35.0. The number of hydrogen-bond acceptors (Lipinski definition) is 22. The molecule has 3 N–H and O–H groups in total. The fourth-order valence-electron chi connectivity index (χ4n) is 20.5. The minimum Gasteiger partial charge on any atom is -0.493 e. The number of nitrogens with zero attached hydrogens (tertiary/aromatic N) is 5. The van der Waals surface area contributed by atoms with Gasteiger partial charge in [0.15, 0.2) is 57.5 Å². The highest BCUT2D eigenvalue weighted by molar-refractivity contribution is 5.70. The van der Waals surface area contributed by atoms with Crippen LogP contribution >= 0.6 is 0 Å². The Morgan fingerprint density at radius 1 is 0.265 bits per heavy atom. The molecule has 10 aromatic carbocycles. The van der Waals surface area contributed by atoms with Gasteiger partial charge in [0.1, 0.15) is 41.3 Å². The van der Waals surface area contributed by atoms with Gasteiger partial charge in [0.05, 0.1) is 89.4 Å². The molecule has 5 aliphatic heterocycles. The molecule has 5 aliphatic rings. The number of hydrogen-bond donors (Lipinski definition) is 3. The number of carbonyl (C=O) groups excluding carboxylic acids is 2. The highest BCUT2D eigenvalue weighted by Crippen LogP contribution is 2.48. The maximum atomic E-state index is 13.1. The Labute approximate surface area is 868 Å². The van der Waals surface area contributed by atoms with Gasteiger partial charge in [-0.1, -0.05) is 148 Å². The van der Waals surface area contributed by atoms with Gasteiger partial charge in [0.2, 0.25) is 0 Å². The van der Waals surface area contributed by atoms with Gasteiger partial charge in [-0.25, -0.2) is 22.0 Å². The van der Waals surface area contributed by atoms with Crippen LogP contribution in [0.25, 0.3) is 0 Å². The van der Waals surface area contributed by atoms with Gasteiger partial charge in [0, 0.05) is 85.2 Å². The zero-order chi connectivity index (χ0) is 105. The molecule has 2 unspecified atom stereocenters. The lowest BCUT2D eigenvalue weighted by atomic mass is 9.86. The summed E-state index contributed by atoms with van der Waals surface area (Å²) >= 11 is 0. The molecule has 5 saturated heterocycles. The fourth-order valence-corrected chi connectivity index (χ4v) is 20.5. The summed E-state index contributed by atoms with van der Waals surface area (Å²) in [6, 6.07) is 62.0. The van der Waals surface area contributed by atoms with Crippen molar-refractivity contribution >= 4 is 11.9 Å². The first kappa shape index (κ1) is 116. The number of aliphatic hydroxyl groups excluding tert-OH is 3. The Morgan fingerprint density at radius 3 is 0.633 bits per heavy atom. The predicted molar refractivity (Wildman–Crippen MR) is 566 cm³/mol. The molecule has 0 amide bonds. The maximum absolute atomic E-state index is 13.1. The number of para-hydroxylation sites is 5. The van der Waals surface area contributed by atoms with Crippen molar-refractivity contribution in [1.29, 1.82) is 0 Å². The highest BCUT2D eigenvalue weighted by Gasteiger charge is 2.38. The van der Waals surface area contributed by atoms with E-state index in [0.717, 1.165) is 276 Å². The largest absolute Gasteiger partial charge is 0.493 e. The molecular weight excluding hydrogens is 1880 g/mol. The number of likely N-dealkylation sites (tertiary alicyclic amines) is 5. The van der Waals surface area contributed by atoms with E-state index in [9.17, 15) is 46.9 Å². The Morgan fingerprint density at radius 2 is 0.449 bits per heavy atom. The van der Waals surface area contributed by atoms with Crippen LogP contribution in [0.5, 0.6) is 57.5 Å². The van der Waals surface area contributed by atoms with E-state index in [1.165, 1.54) is 60.7 Å². The average molecular weight is 2040 g/mol. The van der Waals surface area contributed by atoms with Crippen molar-refractivity contribution in [3.8, 4) is 57.5 Å². The number of ether oxygens (including phenoxy) is 12. The number of halogens is 5. The molecule has 15 rings (SSSR count). The molecule has 0 radical (unpaired) electrons. The average Bonchev–Trinajstić information content (AvgIpc) is 0.814. The zero-order valence-corrected chi connectivity index (χ0v) is 88.1. The molecule has 10 aromatic rings. The first-order chi connectivity index (χ1) is 71.5. The van der Waals surface area contributed by atoms with Gasteiger partial charge >= 0.3 is 11.9 Å². The molecular formula is C120H156F5N5O17. The van der Waals surface area contributed by atoms with Crippen LogP contribution in [0.1, 0.15) is 203 Å². The van der Waals surface area contributed by atoms with Crippen molar-refractivity contribution in [1.82, 2.24) is 24.5 Å². The van der Waals surface area contributed by atoms with Gasteiger partial charge < -0.3 is 96.7 Å². The topological polar surface area (TPSA) is 222 Å². The van der Waals surface area contributed by atoms with Crippen molar-refractivity contribution in [3.05, 3.63) is 297 Å². The Kier molecular flexibility index (Phi) is 48.4. The van der Waals surface area contributed by atoms with Gasteiger partial charge in [0.25, 0.3) is 0 Å². The lowest BCUT2D eigenvalue weighted by molar-refractivity contribution is -0.154. The van der Waals surface area contributed by atoms with Crippen molar-refractivity contribution in [2.75, 3.05) is 169 Å². The SMILES string of the molecule is CCCCC(=O)OC(c1cccc(OC)c1OC)C1CCN(CCc2ccc(F)cc2)CC1.CCCCC(=O)O[C@H](c1cccc(OC)c1OC)C1CCN(CCc2ccc(F)cc2)CC1.COc1cccc(C(O)C2CCN(CCc3ccc(F)cc3)CC2)c1OC.COc1cccc([C@H](O)C2CCN(CCc3ccc(F)cc3)CC2)c1OC.COc1cccc([C@H](O)C2CCN(CCc3ccc(F)cc3)CC2)c1OC. The summed E-state index contributed by atoms with van der Waals surface area (Å²) in [6.07, 6.45) is 15.8. The molecule has 0 bridgehead atoms. The third-order valence-corrected chi connectivity index (χ3v) is 29.2. The molecule has 0 saturated carbocycles. The predicted octanol–water partition coefficient (Wildman–Crippen LogP) is 22.6. The van der Waals surface area contributed by atoms with Crippen molar-refractivity contribution in [3.63, 3.8) is 0 Å². The summed E-state index contributed by atoms with van der Waals surface area (Å²) in [5.74, 6) is 6.04. The quantitative estimate of drug-likeness (QED) is 0.0239. The molecule has 5 atom stereocenters. The highest BCUT2D eigenvalue weighted by atomic mass is 19.1. The van der Waals surface area contributed by atoms with E-state index >= 15 is 0 Å². The van der Waals surface area contributed by atoms with E-state index in [1.807, 2.05) is 152 Å². The molecule has 0 aromatic heterocycles. The summed E-state index contributed by atoms with van der Waals surface area (Å²) in [4.78, 5) is 37.3. The minimum atomic E-state index is -0.561. The number of methoxy groups -OCH3 is 10. The van der Waals surface area contributed by atoms with Crippen LogP contribution in [-0.2, 0) is 51.2 Å². The van der Waals surface area contributed by atoms with Crippen LogP contribution in [0.4, 0.5) is 22.0 Å². The number of esters is 2. The standard InChI is InChI=1S/2C27H36FNO4.3C22H28FNO3/c2*1-4-5-9-25(30)33-26(23-7-6-8-24(31-2)27(23)32-3)21-15-18-29(19-16-21)17-14-20-10-12-22(28)13-11-20;3*1-26-20-5-3-4-19(22(20)27-2)21(25)17-11-14-24(15-12-17)13-10-16-6-8-18(23)9-7-16/h2*6-8,10-13,21,26H,4-5,9,14-19H2,1-3H3;3*3-9,17,21,25H,10-15H2,1-2H3/t26-;;2*21-;/m0.11./s1. The number of benzene rings is 10. The zero-order valence-electron chi connectivity index (χ0n) is 88.1. The lowest BCUT2D eigenvalue weighted by Gasteiger charge is -2.36. The van der Waals surface area contributed by atoms with E-state index in [0.29, 0.717) is 70.3 Å². The molecule has 22 nitrogen and oxygen atoms in total. The maximum Gasteiger partial charge on any atom is 0.306 e. The van der Waals surface area contributed by atoms with Gasteiger partial charge in [-0.05, 0) is 311 Å². The minimum absolute atomic E-state index is 0.162. The van der Waals surface area contributed by atoms with E-state index in [1.54, 1.807) is 71.1 Å².